The van der Waals surface area contributed by atoms with Crippen LogP contribution in [-0.4, -0.2) is 5.54 Å². The molecule has 0 spiro atoms. The molecule has 1 atom stereocenters. The van der Waals surface area contributed by atoms with Crippen LogP contribution >= 0.6 is 0 Å². The molecule has 0 saturated carbocycles. The fourth-order valence-corrected chi connectivity index (χ4v) is 1.09. The number of nitriles is 2. The van der Waals surface area contributed by atoms with Gasteiger partial charge in [0.1, 0.15) is 0 Å². The normalized spacial score (nSPS) is 12.6. The zero-order valence-electron chi connectivity index (χ0n) is 8.66. The van der Waals surface area contributed by atoms with Gasteiger partial charge in [-0.2, -0.15) is 15.4 Å². The van der Waals surface area contributed by atoms with Crippen molar-refractivity contribution in [2.75, 3.05) is 0 Å². The predicted molar refractivity (Wildman–Crippen MR) is 53.1 cm³/mol. The number of hydrogen-bond donors (Lipinski definition) is 0. The number of nitrogens with zero attached hydrogens (tertiary/aromatic N) is 3. The fraction of sp³-hybridized carbons (Fsp3) is 0.800. The van der Waals surface area contributed by atoms with Crippen LogP contribution in [0.4, 0.5) is 0 Å². The van der Waals surface area contributed by atoms with Crippen molar-refractivity contribution in [3.8, 4) is 12.1 Å². The molecule has 0 aromatic carbocycles. The monoisotopic (exact) mass is 193 g/mol. The van der Waals surface area contributed by atoms with Crippen LogP contribution in [0.2, 0.25) is 0 Å². The Morgan fingerprint density at radius 2 is 2.00 bits per heavy atom. The van der Waals surface area contributed by atoms with Crippen molar-refractivity contribution >= 4 is 0 Å². The number of hydrogen-bond acceptors (Lipinski definition) is 4. The predicted octanol–water partition coefficient (Wildman–Crippen LogP) is 2.76. The fourth-order valence-electron chi connectivity index (χ4n) is 1.09. The summed E-state index contributed by atoms with van der Waals surface area (Å²) >= 11 is 0. The molecule has 0 fully saturated rings. The molecular formula is C10H15N3O. The summed E-state index contributed by atoms with van der Waals surface area (Å²) < 4.78 is 0. The first-order valence-electron chi connectivity index (χ1n) is 4.67. The summed E-state index contributed by atoms with van der Waals surface area (Å²) in [5.41, 5.74) is -0.595. The van der Waals surface area contributed by atoms with E-state index in [-0.39, 0.29) is 5.92 Å². The van der Waals surface area contributed by atoms with Gasteiger partial charge in [0, 0.05) is 12.3 Å². The Morgan fingerprint density at radius 1 is 1.36 bits per heavy atom. The van der Waals surface area contributed by atoms with E-state index in [1.54, 1.807) is 13.8 Å². The van der Waals surface area contributed by atoms with Gasteiger partial charge in [0.25, 0.3) is 0 Å². The first kappa shape index (κ1) is 12.6. The van der Waals surface area contributed by atoms with Gasteiger partial charge in [-0.3, -0.25) is 0 Å². The van der Waals surface area contributed by atoms with Gasteiger partial charge < -0.3 is 0 Å². The van der Waals surface area contributed by atoms with Crippen molar-refractivity contribution in [3.05, 3.63) is 4.91 Å². The second-order valence-electron chi connectivity index (χ2n) is 3.97. The standard InChI is InChI=1S/C10H15N3O/c1-10(2,13-14)6-5-9(8-12)4-3-7-11/h9H,3-6H2,1-2H3/t9-/m0/s1. The minimum absolute atomic E-state index is 0.129. The topological polar surface area (TPSA) is 77.0 Å². The highest BCUT2D eigenvalue weighted by Crippen LogP contribution is 2.21. The van der Waals surface area contributed by atoms with Crippen molar-refractivity contribution in [1.82, 2.24) is 0 Å². The van der Waals surface area contributed by atoms with Gasteiger partial charge in [-0.15, -0.1) is 0 Å². The highest BCUT2D eigenvalue weighted by atomic mass is 16.3. The summed E-state index contributed by atoms with van der Waals surface area (Å²) in [6, 6.07) is 4.15. The van der Waals surface area contributed by atoms with E-state index in [9.17, 15) is 4.91 Å². The van der Waals surface area contributed by atoms with Gasteiger partial charge in [-0.25, -0.2) is 0 Å². The summed E-state index contributed by atoms with van der Waals surface area (Å²) in [6.45, 7) is 3.50. The van der Waals surface area contributed by atoms with Crippen LogP contribution < -0.4 is 0 Å². The summed E-state index contributed by atoms with van der Waals surface area (Å²) in [4.78, 5) is 10.4. The summed E-state index contributed by atoms with van der Waals surface area (Å²) in [5, 5.41) is 20.1. The van der Waals surface area contributed by atoms with Crippen LogP contribution in [0.15, 0.2) is 5.18 Å². The quantitative estimate of drug-likeness (QED) is 0.608. The van der Waals surface area contributed by atoms with Crippen LogP contribution in [0.5, 0.6) is 0 Å². The van der Waals surface area contributed by atoms with E-state index in [0.717, 1.165) is 0 Å². The average Bonchev–Trinajstić information content (AvgIpc) is 2.18. The molecule has 0 aliphatic carbocycles. The number of nitroso groups, excluding NO2 is 1. The van der Waals surface area contributed by atoms with E-state index in [2.05, 4.69) is 11.2 Å². The van der Waals surface area contributed by atoms with E-state index in [4.69, 9.17) is 10.5 Å². The Labute approximate surface area is 84.5 Å². The van der Waals surface area contributed by atoms with E-state index >= 15 is 0 Å². The smallest absolute Gasteiger partial charge is 0.0971 e. The third kappa shape index (κ3) is 5.27. The van der Waals surface area contributed by atoms with Gasteiger partial charge in [0.05, 0.1) is 17.7 Å². The number of rotatable bonds is 6. The molecule has 0 unspecified atom stereocenters. The SMILES string of the molecule is CC(C)(CC[C@@H](C#N)CCC#N)N=O. The van der Waals surface area contributed by atoms with Crippen molar-refractivity contribution < 1.29 is 0 Å². The van der Waals surface area contributed by atoms with Crippen molar-refractivity contribution in [3.63, 3.8) is 0 Å². The minimum atomic E-state index is -0.595. The lowest BCUT2D eigenvalue weighted by atomic mass is 9.91. The molecule has 0 N–H and O–H groups in total. The molecule has 0 radical (unpaired) electrons. The Kier molecular flexibility index (Phi) is 5.48. The van der Waals surface area contributed by atoms with Crippen LogP contribution in [0.1, 0.15) is 39.5 Å². The zero-order chi connectivity index (χ0) is 11.0. The second kappa shape index (κ2) is 6.10. The Bertz CT molecular complexity index is 260. The third-order valence-electron chi connectivity index (χ3n) is 2.14. The maximum absolute atomic E-state index is 10.4. The summed E-state index contributed by atoms with van der Waals surface area (Å²) in [5.74, 6) is -0.129. The lowest BCUT2D eigenvalue weighted by Crippen LogP contribution is -2.17. The average molecular weight is 193 g/mol. The van der Waals surface area contributed by atoms with Crippen molar-refractivity contribution in [2.45, 2.75) is 45.1 Å². The maximum atomic E-state index is 10.4. The van der Waals surface area contributed by atoms with Gasteiger partial charge in [0.2, 0.25) is 0 Å². The van der Waals surface area contributed by atoms with Crippen LogP contribution in [0, 0.1) is 33.5 Å². The van der Waals surface area contributed by atoms with Gasteiger partial charge in [0.15, 0.2) is 0 Å². The molecule has 0 aliphatic heterocycles. The van der Waals surface area contributed by atoms with Crippen LogP contribution in [0.3, 0.4) is 0 Å². The summed E-state index contributed by atoms with van der Waals surface area (Å²) in [7, 11) is 0. The highest BCUT2D eigenvalue weighted by molar-refractivity contribution is 4.88. The molecule has 0 aromatic rings. The molecule has 4 nitrogen and oxygen atoms in total. The largest absolute Gasteiger partial charge is 0.198 e. The molecule has 0 rings (SSSR count). The molecular weight excluding hydrogens is 178 g/mol. The van der Waals surface area contributed by atoms with E-state index in [0.29, 0.717) is 25.7 Å². The first-order chi connectivity index (χ1) is 6.55. The zero-order valence-corrected chi connectivity index (χ0v) is 8.66. The Hall–Kier alpha value is -1.42. The van der Waals surface area contributed by atoms with Crippen LogP contribution in [0.25, 0.3) is 0 Å². The molecule has 14 heavy (non-hydrogen) atoms. The maximum Gasteiger partial charge on any atom is 0.0971 e. The van der Waals surface area contributed by atoms with Crippen molar-refractivity contribution in [2.24, 2.45) is 11.1 Å². The van der Waals surface area contributed by atoms with Gasteiger partial charge in [-0.1, -0.05) is 5.18 Å². The Balaban J connectivity index is 3.92. The van der Waals surface area contributed by atoms with Crippen molar-refractivity contribution in [1.29, 1.82) is 10.5 Å². The van der Waals surface area contributed by atoms with E-state index < -0.39 is 5.54 Å². The Morgan fingerprint density at radius 3 is 2.43 bits per heavy atom. The van der Waals surface area contributed by atoms with Crippen LogP contribution in [-0.2, 0) is 0 Å². The highest BCUT2D eigenvalue weighted by Gasteiger charge is 2.20. The molecule has 0 aromatic heterocycles. The molecule has 0 amide bonds. The molecule has 0 saturated heterocycles. The molecule has 4 heteroatoms. The van der Waals surface area contributed by atoms with E-state index in [1.165, 1.54) is 0 Å². The molecule has 76 valence electrons. The van der Waals surface area contributed by atoms with E-state index in [1.807, 2.05) is 6.07 Å². The molecule has 0 aliphatic rings. The lowest BCUT2D eigenvalue weighted by Gasteiger charge is -2.16. The second-order valence-corrected chi connectivity index (χ2v) is 3.97. The summed E-state index contributed by atoms with van der Waals surface area (Å²) in [6.07, 6.45) is 2.21. The minimum Gasteiger partial charge on any atom is -0.198 e. The molecule has 0 heterocycles. The molecule has 0 bridgehead atoms. The van der Waals surface area contributed by atoms with Gasteiger partial charge in [-0.05, 0) is 33.1 Å². The lowest BCUT2D eigenvalue weighted by molar-refractivity contribution is 0.413. The third-order valence-corrected chi connectivity index (χ3v) is 2.14. The first-order valence-corrected chi connectivity index (χ1v) is 4.67. The van der Waals surface area contributed by atoms with Gasteiger partial charge >= 0.3 is 0 Å².